The van der Waals surface area contributed by atoms with E-state index in [9.17, 15) is 0 Å². The summed E-state index contributed by atoms with van der Waals surface area (Å²) in [6.45, 7) is 12.4. The Hall–Kier alpha value is -0.120. The first kappa shape index (κ1) is 14.9. The maximum absolute atomic E-state index is 5.58. The molecule has 0 aliphatic carbocycles. The van der Waals surface area contributed by atoms with E-state index in [0.717, 1.165) is 58.2 Å². The smallest absolute Gasteiger partial charge is 0.0593 e. The normalized spacial score (nSPS) is 11.6. The molecule has 0 amide bonds. The van der Waals surface area contributed by atoms with E-state index >= 15 is 0 Å². The largest absolute Gasteiger partial charge is 0.380 e. The van der Waals surface area contributed by atoms with E-state index in [0.29, 0.717) is 0 Å². The van der Waals surface area contributed by atoms with Gasteiger partial charge in [-0.3, -0.25) is 0 Å². The number of nitrogens with zero attached hydrogens (tertiary/aromatic N) is 1. The molecule has 0 atom stereocenters. The first-order valence-electron chi connectivity index (χ1n) is 6.20. The van der Waals surface area contributed by atoms with Crippen molar-refractivity contribution in [1.29, 1.82) is 0 Å². The average molecular weight is 216 g/mol. The molecule has 0 heterocycles. The van der Waals surface area contributed by atoms with Crippen LogP contribution in [-0.4, -0.2) is 44.3 Å². The van der Waals surface area contributed by atoms with Crippen LogP contribution in [0.2, 0.25) is 0 Å². The molecule has 0 radical (unpaired) electrons. The number of hydrogen-bond donors (Lipinski definition) is 1. The summed E-state index contributed by atoms with van der Waals surface area (Å²) in [6, 6.07) is 0. The first-order valence-corrected chi connectivity index (χ1v) is 6.20. The van der Waals surface area contributed by atoms with Gasteiger partial charge in [-0.25, -0.2) is 0 Å². The van der Waals surface area contributed by atoms with Gasteiger partial charge in [-0.2, -0.15) is 0 Å². The second kappa shape index (κ2) is 10.4. The van der Waals surface area contributed by atoms with Gasteiger partial charge in [0.05, 0.1) is 6.61 Å². The van der Waals surface area contributed by atoms with Gasteiger partial charge >= 0.3 is 0 Å². The van der Waals surface area contributed by atoms with E-state index in [-0.39, 0.29) is 0 Å². The molecule has 0 saturated carbocycles. The van der Waals surface area contributed by atoms with Crippen molar-refractivity contribution in [2.24, 2.45) is 11.7 Å². The van der Waals surface area contributed by atoms with Crippen LogP contribution in [0.15, 0.2) is 0 Å². The third-order valence-corrected chi connectivity index (χ3v) is 2.52. The van der Waals surface area contributed by atoms with Gasteiger partial charge < -0.3 is 15.4 Å². The zero-order valence-corrected chi connectivity index (χ0v) is 10.7. The highest BCUT2D eigenvalue weighted by molar-refractivity contribution is 4.55. The predicted octanol–water partition coefficient (Wildman–Crippen LogP) is 1.72. The lowest BCUT2D eigenvalue weighted by atomic mass is 10.1. The summed E-state index contributed by atoms with van der Waals surface area (Å²) in [4.78, 5) is 2.39. The number of likely N-dealkylation sites (N-methyl/N-ethyl adjacent to an activating group) is 1. The number of ether oxygens (including phenoxy) is 1. The zero-order valence-electron chi connectivity index (χ0n) is 10.7. The molecule has 92 valence electrons. The Labute approximate surface area is 95.0 Å². The molecule has 0 bridgehead atoms. The third-order valence-electron chi connectivity index (χ3n) is 2.52. The quantitative estimate of drug-likeness (QED) is 0.565. The summed E-state index contributed by atoms with van der Waals surface area (Å²) in [5, 5.41) is 0. The Morgan fingerprint density at radius 1 is 1.20 bits per heavy atom. The van der Waals surface area contributed by atoms with Crippen LogP contribution in [0.3, 0.4) is 0 Å². The van der Waals surface area contributed by atoms with Crippen LogP contribution < -0.4 is 5.73 Å². The highest BCUT2D eigenvalue weighted by atomic mass is 16.5. The SMILES string of the molecule is CCN(CCCN)CCOCCC(C)C. The van der Waals surface area contributed by atoms with Crippen molar-refractivity contribution < 1.29 is 4.74 Å². The molecule has 2 N–H and O–H groups in total. The van der Waals surface area contributed by atoms with Crippen molar-refractivity contribution in [1.82, 2.24) is 4.90 Å². The van der Waals surface area contributed by atoms with Crippen molar-refractivity contribution in [3.63, 3.8) is 0 Å². The van der Waals surface area contributed by atoms with Crippen LogP contribution in [0.5, 0.6) is 0 Å². The number of rotatable bonds is 10. The Kier molecular flexibility index (Phi) is 10.3. The van der Waals surface area contributed by atoms with Crippen molar-refractivity contribution in [2.75, 3.05) is 39.4 Å². The molecule has 0 rings (SSSR count). The minimum atomic E-state index is 0.740. The fraction of sp³-hybridized carbons (Fsp3) is 1.00. The predicted molar refractivity (Wildman–Crippen MR) is 66.1 cm³/mol. The molecule has 3 heteroatoms. The van der Waals surface area contributed by atoms with E-state index in [1.807, 2.05) is 0 Å². The van der Waals surface area contributed by atoms with Crippen molar-refractivity contribution >= 4 is 0 Å². The van der Waals surface area contributed by atoms with Crippen LogP contribution in [0.1, 0.15) is 33.6 Å². The zero-order chi connectivity index (χ0) is 11.5. The molecular weight excluding hydrogens is 188 g/mol. The summed E-state index contributed by atoms with van der Waals surface area (Å²) in [6.07, 6.45) is 2.24. The Morgan fingerprint density at radius 2 is 1.93 bits per heavy atom. The molecule has 0 aromatic carbocycles. The molecule has 0 spiro atoms. The Morgan fingerprint density at radius 3 is 2.47 bits per heavy atom. The molecule has 0 aliphatic rings. The van der Waals surface area contributed by atoms with Crippen molar-refractivity contribution in [3.8, 4) is 0 Å². The summed E-state index contributed by atoms with van der Waals surface area (Å²) in [7, 11) is 0. The van der Waals surface area contributed by atoms with Gasteiger partial charge in [0.2, 0.25) is 0 Å². The standard InChI is InChI=1S/C12H28N2O/c1-4-14(8-5-7-13)9-11-15-10-6-12(2)3/h12H,4-11,13H2,1-3H3. The lowest BCUT2D eigenvalue weighted by Gasteiger charge is -2.19. The second-order valence-electron chi connectivity index (χ2n) is 4.37. The highest BCUT2D eigenvalue weighted by Gasteiger charge is 2.01. The van der Waals surface area contributed by atoms with E-state index in [1.54, 1.807) is 0 Å². The lowest BCUT2D eigenvalue weighted by Crippen LogP contribution is -2.29. The van der Waals surface area contributed by atoms with Crippen LogP contribution in [-0.2, 0) is 4.74 Å². The topological polar surface area (TPSA) is 38.5 Å². The van der Waals surface area contributed by atoms with Gasteiger partial charge in [-0.15, -0.1) is 0 Å². The minimum Gasteiger partial charge on any atom is -0.380 e. The molecule has 0 aromatic heterocycles. The van der Waals surface area contributed by atoms with E-state index in [2.05, 4.69) is 25.7 Å². The van der Waals surface area contributed by atoms with E-state index < -0.39 is 0 Å². The Bertz CT molecular complexity index is 129. The van der Waals surface area contributed by atoms with Gasteiger partial charge in [0.25, 0.3) is 0 Å². The average Bonchev–Trinajstić information content (AvgIpc) is 2.21. The Balaban J connectivity index is 3.30. The summed E-state index contributed by atoms with van der Waals surface area (Å²) < 4.78 is 5.58. The molecule has 15 heavy (non-hydrogen) atoms. The molecule has 0 fully saturated rings. The summed E-state index contributed by atoms with van der Waals surface area (Å²) >= 11 is 0. The number of nitrogens with two attached hydrogens (primary N) is 1. The van der Waals surface area contributed by atoms with E-state index in [4.69, 9.17) is 10.5 Å². The van der Waals surface area contributed by atoms with Crippen molar-refractivity contribution in [3.05, 3.63) is 0 Å². The van der Waals surface area contributed by atoms with Crippen LogP contribution in [0, 0.1) is 5.92 Å². The lowest BCUT2D eigenvalue weighted by molar-refractivity contribution is 0.0973. The number of hydrogen-bond acceptors (Lipinski definition) is 3. The highest BCUT2D eigenvalue weighted by Crippen LogP contribution is 1.99. The second-order valence-corrected chi connectivity index (χ2v) is 4.37. The molecule has 0 unspecified atom stereocenters. The minimum absolute atomic E-state index is 0.740. The summed E-state index contributed by atoms with van der Waals surface area (Å²) in [5.41, 5.74) is 5.48. The molecule has 3 nitrogen and oxygen atoms in total. The van der Waals surface area contributed by atoms with Gasteiger partial charge in [0.15, 0.2) is 0 Å². The van der Waals surface area contributed by atoms with Crippen molar-refractivity contribution in [2.45, 2.75) is 33.6 Å². The fourth-order valence-electron chi connectivity index (χ4n) is 1.36. The fourth-order valence-corrected chi connectivity index (χ4v) is 1.36. The van der Waals surface area contributed by atoms with Gasteiger partial charge in [-0.1, -0.05) is 20.8 Å². The van der Waals surface area contributed by atoms with E-state index in [1.165, 1.54) is 0 Å². The first-order chi connectivity index (χ1) is 7.20. The molecule has 0 aliphatic heterocycles. The monoisotopic (exact) mass is 216 g/mol. The maximum atomic E-state index is 5.58. The third kappa shape index (κ3) is 10.2. The maximum Gasteiger partial charge on any atom is 0.0593 e. The van der Waals surface area contributed by atoms with Crippen LogP contribution >= 0.6 is 0 Å². The molecular formula is C12H28N2O. The van der Waals surface area contributed by atoms with Crippen LogP contribution in [0.4, 0.5) is 0 Å². The molecule has 0 saturated heterocycles. The van der Waals surface area contributed by atoms with Crippen LogP contribution in [0.25, 0.3) is 0 Å². The van der Waals surface area contributed by atoms with Gasteiger partial charge in [0.1, 0.15) is 0 Å². The molecule has 0 aromatic rings. The van der Waals surface area contributed by atoms with Gasteiger partial charge in [-0.05, 0) is 38.4 Å². The van der Waals surface area contributed by atoms with Gasteiger partial charge in [0, 0.05) is 13.2 Å². The summed E-state index contributed by atoms with van der Waals surface area (Å²) in [5.74, 6) is 0.740.